The molecule has 0 unspecified atom stereocenters. The highest BCUT2D eigenvalue weighted by molar-refractivity contribution is 7.89. The maximum absolute atomic E-state index is 12.2. The SMILES string of the molecule is CC(C)(C)c1ccc(S(=O)(=O)N/N=C\c2cccc(O)c2O)cc1. The molecule has 2 rings (SSSR count). The summed E-state index contributed by atoms with van der Waals surface area (Å²) in [5.74, 6) is -0.672. The Bertz CT molecular complexity index is 851. The highest BCUT2D eigenvalue weighted by atomic mass is 32.2. The van der Waals surface area contributed by atoms with Crippen LogP contribution in [0.1, 0.15) is 31.9 Å². The molecule has 0 aromatic heterocycles. The molecule has 0 saturated heterocycles. The molecule has 3 N–H and O–H groups in total. The molecule has 24 heavy (non-hydrogen) atoms. The second-order valence-corrected chi connectivity index (χ2v) is 8.00. The van der Waals surface area contributed by atoms with Crippen molar-refractivity contribution in [3.63, 3.8) is 0 Å². The molecule has 0 spiro atoms. The summed E-state index contributed by atoms with van der Waals surface area (Å²) < 4.78 is 24.4. The number of hydrogen-bond acceptors (Lipinski definition) is 5. The Hall–Kier alpha value is -2.54. The van der Waals surface area contributed by atoms with Crippen LogP contribution in [-0.2, 0) is 15.4 Å². The molecule has 0 heterocycles. The van der Waals surface area contributed by atoms with Crippen molar-refractivity contribution in [2.75, 3.05) is 0 Å². The van der Waals surface area contributed by atoms with E-state index in [9.17, 15) is 18.6 Å². The third-order valence-electron chi connectivity index (χ3n) is 3.45. The first-order valence-electron chi connectivity index (χ1n) is 7.27. The van der Waals surface area contributed by atoms with Crippen LogP contribution in [0.2, 0.25) is 0 Å². The van der Waals surface area contributed by atoms with Crippen LogP contribution >= 0.6 is 0 Å². The van der Waals surface area contributed by atoms with Gasteiger partial charge in [0.1, 0.15) is 0 Å². The zero-order valence-corrected chi connectivity index (χ0v) is 14.5. The first-order chi connectivity index (χ1) is 11.1. The number of phenolic OH excluding ortho intramolecular Hbond substituents is 2. The Balaban J connectivity index is 2.17. The van der Waals surface area contributed by atoms with Gasteiger partial charge in [0.05, 0.1) is 11.1 Å². The first-order valence-corrected chi connectivity index (χ1v) is 8.76. The molecule has 2 aromatic carbocycles. The topological polar surface area (TPSA) is 99.0 Å². The van der Waals surface area contributed by atoms with E-state index in [1.165, 1.54) is 30.3 Å². The lowest BCUT2D eigenvalue weighted by molar-refractivity contribution is 0.403. The minimum absolute atomic E-state index is 0.0687. The van der Waals surface area contributed by atoms with Crippen molar-refractivity contribution >= 4 is 16.2 Å². The fourth-order valence-electron chi connectivity index (χ4n) is 2.00. The Labute approximate surface area is 141 Å². The zero-order chi connectivity index (χ0) is 18.0. The summed E-state index contributed by atoms with van der Waals surface area (Å²) in [7, 11) is -3.81. The van der Waals surface area contributed by atoms with Crippen LogP contribution in [0.15, 0.2) is 52.5 Å². The maximum atomic E-state index is 12.2. The van der Waals surface area contributed by atoms with E-state index in [2.05, 4.69) is 9.93 Å². The van der Waals surface area contributed by atoms with Crippen LogP contribution in [0, 0.1) is 0 Å². The van der Waals surface area contributed by atoms with Crippen molar-refractivity contribution < 1.29 is 18.6 Å². The van der Waals surface area contributed by atoms with Crippen LogP contribution in [-0.4, -0.2) is 24.8 Å². The van der Waals surface area contributed by atoms with Gasteiger partial charge in [0.25, 0.3) is 10.0 Å². The predicted octanol–water partition coefficient (Wildman–Crippen LogP) is 2.71. The largest absolute Gasteiger partial charge is 0.504 e. The summed E-state index contributed by atoms with van der Waals surface area (Å²) in [5.41, 5.74) is 1.15. The average molecular weight is 348 g/mol. The Morgan fingerprint density at radius 2 is 1.67 bits per heavy atom. The lowest BCUT2D eigenvalue weighted by Crippen LogP contribution is -2.19. The van der Waals surface area contributed by atoms with Crippen LogP contribution in [0.3, 0.4) is 0 Å². The quantitative estimate of drug-likeness (QED) is 0.449. The molecule has 2 aromatic rings. The number of sulfonamides is 1. The van der Waals surface area contributed by atoms with Crippen LogP contribution in [0.4, 0.5) is 0 Å². The van der Waals surface area contributed by atoms with Gasteiger partial charge in [-0.25, -0.2) is 4.83 Å². The number of rotatable bonds is 4. The van der Waals surface area contributed by atoms with E-state index in [0.717, 1.165) is 11.8 Å². The number of nitrogens with one attached hydrogen (secondary N) is 1. The monoisotopic (exact) mass is 348 g/mol. The van der Waals surface area contributed by atoms with Crippen LogP contribution in [0.5, 0.6) is 11.5 Å². The number of phenols is 2. The second-order valence-electron chi connectivity index (χ2n) is 6.34. The van der Waals surface area contributed by atoms with Crippen molar-refractivity contribution in [2.24, 2.45) is 5.10 Å². The summed E-state index contributed by atoms with van der Waals surface area (Å²) in [5, 5.41) is 22.6. The summed E-state index contributed by atoms with van der Waals surface area (Å²) in [6, 6.07) is 10.9. The molecular formula is C17H20N2O4S. The Morgan fingerprint density at radius 1 is 1.04 bits per heavy atom. The van der Waals surface area contributed by atoms with Gasteiger partial charge in [-0.3, -0.25) is 0 Å². The molecule has 128 valence electrons. The molecule has 0 bridgehead atoms. The third kappa shape index (κ3) is 4.05. The molecule has 6 nitrogen and oxygen atoms in total. The lowest BCUT2D eigenvalue weighted by Gasteiger charge is -2.19. The maximum Gasteiger partial charge on any atom is 0.276 e. The van der Waals surface area contributed by atoms with Gasteiger partial charge in [-0.1, -0.05) is 39.0 Å². The summed E-state index contributed by atoms with van der Waals surface area (Å²) in [6.07, 6.45) is 1.12. The van der Waals surface area contributed by atoms with Crippen LogP contribution in [0.25, 0.3) is 0 Å². The van der Waals surface area contributed by atoms with E-state index in [1.807, 2.05) is 20.8 Å². The molecule has 0 aliphatic heterocycles. The second kappa shape index (κ2) is 6.52. The van der Waals surface area contributed by atoms with Gasteiger partial charge in [0.2, 0.25) is 0 Å². The van der Waals surface area contributed by atoms with E-state index < -0.39 is 10.0 Å². The minimum Gasteiger partial charge on any atom is -0.504 e. The molecule has 0 saturated carbocycles. The van der Waals surface area contributed by atoms with E-state index in [0.29, 0.717) is 0 Å². The number of benzene rings is 2. The average Bonchev–Trinajstić information content (AvgIpc) is 2.51. The fourth-order valence-corrected chi connectivity index (χ4v) is 2.80. The standard InChI is InChI=1S/C17H20N2O4S/c1-17(2,3)13-7-9-14(10-8-13)24(22,23)19-18-11-12-5-4-6-15(20)16(12)21/h4-11,19-21H,1-3H3/b18-11-. The van der Waals surface area contributed by atoms with Crippen LogP contribution < -0.4 is 4.83 Å². The normalized spacial score (nSPS) is 12.5. The van der Waals surface area contributed by atoms with Gasteiger partial charge in [0, 0.05) is 5.56 Å². The predicted molar refractivity (Wildman–Crippen MR) is 92.8 cm³/mol. The number of nitrogens with zero attached hydrogens (tertiary/aromatic N) is 1. The fraction of sp³-hybridized carbons (Fsp3) is 0.235. The van der Waals surface area contributed by atoms with E-state index >= 15 is 0 Å². The Kier molecular flexibility index (Phi) is 4.84. The number of hydrazone groups is 1. The molecular weight excluding hydrogens is 328 g/mol. The highest BCUT2D eigenvalue weighted by Gasteiger charge is 2.17. The highest BCUT2D eigenvalue weighted by Crippen LogP contribution is 2.27. The summed E-state index contributed by atoms with van der Waals surface area (Å²) in [6.45, 7) is 6.13. The van der Waals surface area contributed by atoms with Crippen molar-refractivity contribution in [3.05, 3.63) is 53.6 Å². The van der Waals surface area contributed by atoms with Gasteiger partial charge >= 0.3 is 0 Å². The van der Waals surface area contributed by atoms with E-state index in [-0.39, 0.29) is 27.4 Å². The van der Waals surface area contributed by atoms with Gasteiger partial charge < -0.3 is 10.2 Å². The van der Waals surface area contributed by atoms with E-state index in [4.69, 9.17) is 0 Å². The molecule has 0 fully saturated rings. The first kappa shape index (κ1) is 17.8. The molecule has 0 atom stereocenters. The Morgan fingerprint density at radius 3 is 2.25 bits per heavy atom. The zero-order valence-electron chi connectivity index (χ0n) is 13.7. The summed E-state index contributed by atoms with van der Waals surface area (Å²) >= 11 is 0. The van der Waals surface area contributed by atoms with Gasteiger partial charge in [0.15, 0.2) is 11.5 Å². The lowest BCUT2D eigenvalue weighted by atomic mass is 9.87. The molecule has 0 aliphatic carbocycles. The number of para-hydroxylation sites is 1. The van der Waals surface area contributed by atoms with Crippen molar-refractivity contribution in [1.82, 2.24) is 4.83 Å². The van der Waals surface area contributed by atoms with E-state index in [1.54, 1.807) is 12.1 Å². The summed E-state index contributed by atoms with van der Waals surface area (Å²) in [4.78, 5) is 2.17. The van der Waals surface area contributed by atoms with Crippen molar-refractivity contribution in [1.29, 1.82) is 0 Å². The van der Waals surface area contributed by atoms with Gasteiger partial charge in [-0.15, -0.1) is 0 Å². The third-order valence-corrected chi connectivity index (χ3v) is 4.69. The molecule has 0 amide bonds. The van der Waals surface area contributed by atoms with Gasteiger partial charge in [-0.2, -0.15) is 13.5 Å². The number of aromatic hydroxyl groups is 2. The van der Waals surface area contributed by atoms with Crippen molar-refractivity contribution in [2.45, 2.75) is 31.1 Å². The van der Waals surface area contributed by atoms with Gasteiger partial charge in [-0.05, 0) is 35.2 Å². The molecule has 0 aliphatic rings. The molecule has 7 heteroatoms. The van der Waals surface area contributed by atoms with Crippen molar-refractivity contribution in [3.8, 4) is 11.5 Å². The smallest absolute Gasteiger partial charge is 0.276 e. The minimum atomic E-state index is -3.81. The number of hydrogen-bond donors (Lipinski definition) is 3. The molecule has 0 radical (unpaired) electrons.